The Morgan fingerprint density at radius 1 is 1.19 bits per heavy atom. The molecule has 1 amide bonds. The molecule has 0 aliphatic heterocycles. The number of nitrogens with one attached hydrogen (secondary N) is 1. The van der Waals surface area contributed by atoms with Crippen LogP contribution in [0.5, 0.6) is 5.75 Å². The maximum absolute atomic E-state index is 14.5. The number of aliphatic hydroxyl groups is 1. The van der Waals surface area contributed by atoms with Gasteiger partial charge in [-0.05, 0) is 48.2 Å². The van der Waals surface area contributed by atoms with Crippen molar-refractivity contribution >= 4 is 17.6 Å². The molecule has 0 spiro atoms. The predicted molar refractivity (Wildman–Crippen MR) is 96.9 cm³/mol. The number of amides is 1. The third-order valence-corrected chi connectivity index (χ3v) is 4.45. The van der Waals surface area contributed by atoms with Crippen molar-refractivity contribution in [2.75, 3.05) is 12.4 Å². The van der Waals surface area contributed by atoms with E-state index in [-0.39, 0.29) is 29.7 Å². The van der Waals surface area contributed by atoms with E-state index in [9.17, 15) is 19.1 Å². The lowest BCUT2D eigenvalue weighted by atomic mass is 10.0. The summed E-state index contributed by atoms with van der Waals surface area (Å²) in [5, 5.41) is 21.4. The molecule has 1 aliphatic carbocycles. The monoisotopic (exact) mass is 371 g/mol. The van der Waals surface area contributed by atoms with Gasteiger partial charge in [0.15, 0.2) is 0 Å². The molecule has 140 valence electrons. The predicted octanol–water partition coefficient (Wildman–Crippen LogP) is 2.98. The van der Waals surface area contributed by atoms with Crippen LogP contribution in [0, 0.1) is 5.82 Å². The Labute approximate surface area is 154 Å². The van der Waals surface area contributed by atoms with E-state index < -0.39 is 23.8 Å². The quantitative estimate of drug-likeness (QED) is 0.751. The Bertz CT molecular complexity index is 938. The third-order valence-electron chi connectivity index (χ3n) is 4.45. The standard InChI is InChI=1S/C20H18FNO5/c1-27-13-4-2-3-11(9-13)12-5-7-16(15(21)10-12)22-19(24)18-14(20(25)26)6-8-17(18)23/h2-5,7,9-10,17,23H,6,8H2,1H3,(H,22,24)(H,25,26). The highest BCUT2D eigenvalue weighted by atomic mass is 19.1. The number of methoxy groups -OCH3 is 1. The second kappa shape index (κ2) is 7.59. The molecule has 1 atom stereocenters. The second-order valence-corrected chi connectivity index (χ2v) is 6.13. The van der Waals surface area contributed by atoms with Gasteiger partial charge in [0.2, 0.25) is 0 Å². The Morgan fingerprint density at radius 3 is 2.59 bits per heavy atom. The number of carbonyl (C=O) groups is 2. The molecule has 3 rings (SSSR count). The van der Waals surface area contributed by atoms with E-state index >= 15 is 0 Å². The summed E-state index contributed by atoms with van der Waals surface area (Å²) in [5.74, 6) is -2.11. The van der Waals surface area contributed by atoms with Gasteiger partial charge in [-0.15, -0.1) is 0 Å². The Morgan fingerprint density at radius 2 is 1.93 bits per heavy atom. The fourth-order valence-corrected chi connectivity index (χ4v) is 3.06. The number of carboxylic acids is 1. The number of benzene rings is 2. The van der Waals surface area contributed by atoms with Crippen molar-refractivity contribution in [3.05, 3.63) is 59.4 Å². The summed E-state index contributed by atoms with van der Waals surface area (Å²) in [4.78, 5) is 23.6. The van der Waals surface area contributed by atoms with Crippen LogP contribution >= 0.6 is 0 Å². The van der Waals surface area contributed by atoms with E-state index in [4.69, 9.17) is 9.84 Å². The number of halogens is 1. The number of hydrogen-bond donors (Lipinski definition) is 3. The van der Waals surface area contributed by atoms with Gasteiger partial charge in [-0.2, -0.15) is 0 Å². The smallest absolute Gasteiger partial charge is 0.332 e. The summed E-state index contributed by atoms with van der Waals surface area (Å²) >= 11 is 0. The van der Waals surface area contributed by atoms with E-state index in [1.54, 1.807) is 30.3 Å². The van der Waals surface area contributed by atoms with E-state index in [2.05, 4.69) is 5.32 Å². The molecule has 0 fully saturated rings. The molecule has 2 aromatic rings. The van der Waals surface area contributed by atoms with Gasteiger partial charge < -0.3 is 20.3 Å². The van der Waals surface area contributed by atoms with Crippen molar-refractivity contribution in [2.24, 2.45) is 0 Å². The number of aliphatic carboxylic acids is 1. The SMILES string of the molecule is COc1cccc(-c2ccc(NC(=O)C3=C(C(=O)O)CCC3O)c(F)c2)c1. The van der Waals surface area contributed by atoms with Crippen LogP contribution in [0.4, 0.5) is 10.1 Å². The van der Waals surface area contributed by atoms with Gasteiger partial charge >= 0.3 is 5.97 Å². The van der Waals surface area contributed by atoms with Crippen molar-refractivity contribution in [2.45, 2.75) is 18.9 Å². The number of hydrogen-bond acceptors (Lipinski definition) is 4. The molecule has 0 saturated heterocycles. The van der Waals surface area contributed by atoms with Gasteiger partial charge in [0, 0.05) is 5.57 Å². The molecule has 6 nitrogen and oxygen atoms in total. The minimum atomic E-state index is -1.26. The Hall–Kier alpha value is -3.19. The van der Waals surface area contributed by atoms with Crippen molar-refractivity contribution in [1.82, 2.24) is 0 Å². The van der Waals surface area contributed by atoms with Crippen molar-refractivity contribution < 1.29 is 28.9 Å². The molecule has 2 aromatic carbocycles. The van der Waals surface area contributed by atoms with Gasteiger partial charge in [-0.3, -0.25) is 4.79 Å². The molecular formula is C20H18FNO5. The van der Waals surface area contributed by atoms with Gasteiger partial charge in [0.1, 0.15) is 11.6 Å². The van der Waals surface area contributed by atoms with Crippen LogP contribution in [-0.2, 0) is 9.59 Å². The molecule has 1 aliphatic rings. The van der Waals surface area contributed by atoms with Crippen LogP contribution in [0.3, 0.4) is 0 Å². The number of anilines is 1. The number of rotatable bonds is 5. The van der Waals surface area contributed by atoms with Gasteiger partial charge in [0.25, 0.3) is 5.91 Å². The highest BCUT2D eigenvalue weighted by molar-refractivity contribution is 6.10. The maximum atomic E-state index is 14.5. The van der Waals surface area contributed by atoms with Gasteiger partial charge in [-0.25, -0.2) is 9.18 Å². The van der Waals surface area contributed by atoms with E-state index in [1.165, 1.54) is 19.2 Å². The minimum absolute atomic E-state index is 0.0938. The fourth-order valence-electron chi connectivity index (χ4n) is 3.06. The summed E-state index contributed by atoms with van der Waals surface area (Å²) in [5.41, 5.74) is 0.874. The van der Waals surface area contributed by atoms with Gasteiger partial charge in [0.05, 0.1) is 24.5 Å². The van der Waals surface area contributed by atoms with E-state index in [0.717, 1.165) is 5.56 Å². The average Bonchev–Trinajstić information content (AvgIpc) is 3.05. The summed E-state index contributed by atoms with van der Waals surface area (Å²) in [7, 11) is 1.54. The van der Waals surface area contributed by atoms with Crippen LogP contribution < -0.4 is 10.1 Å². The molecule has 3 N–H and O–H groups in total. The lowest BCUT2D eigenvalue weighted by Gasteiger charge is -2.12. The molecule has 0 saturated carbocycles. The van der Waals surface area contributed by atoms with Crippen molar-refractivity contribution in [3.63, 3.8) is 0 Å². The van der Waals surface area contributed by atoms with Crippen LogP contribution in [0.2, 0.25) is 0 Å². The lowest BCUT2D eigenvalue weighted by molar-refractivity contribution is -0.133. The Kier molecular flexibility index (Phi) is 5.23. The topological polar surface area (TPSA) is 95.9 Å². The zero-order valence-corrected chi connectivity index (χ0v) is 14.5. The van der Waals surface area contributed by atoms with Crippen molar-refractivity contribution in [3.8, 4) is 16.9 Å². The van der Waals surface area contributed by atoms with E-state index in [1.807, 2.05) is 0 Å². The van der Waals surface area contributed by atoms with Crippen LogP contribution in [-0.4, -0.2) is 35.3 Å². The third kappa shape index (κ3) is 3.83. The molecule has 0 aromatic heterocycles. The summed E-state index contributed by atoms with van der Waals surface area (Å²) in [6, 6.07) is 11.4. The first-order valence-electron chi connectivity index (χ1n) is 8.30. The average molecular weight is 371 g/mol. The lowest BCUT2D eigenvalue weighted by Crippen LogP contribution is -2.23. The fraction of sp³-hybridized carbons (Fsp3) is 0.200. The molecule has 0 radical (unpaired) electrons. The zero-order valence-electron chi connectivity index (χ0n) is 14.5. The van der Waals surface area contributed by atoms with Crippen LogP contribution in [0.25, 0.3) is 11.1 Å². The first-order chi connectivity index (χ1) is 12.9. The summed E-state index contributed by atoms with van der Waals surface area (Å²) in [6.07, 6.45) is -0.923. The number of ether oxygens (including phenoxy) is 1. The minimum Gasteiger partial charge on any atom is -0.497 e. The number of aliphatic hydroxyl groups excluding tert-OH is 1. The Balaban J connectivity index is 1.85. The van der Waals surface area contributed by atoms with Crippen LogP contribution in [0.1, 0.15) is 12.8 Å². The zero-order chi connectivity index (χ0) is 19.6. The highest BCUT2D eigenvalue weighted by Crippen LogP contribution is 2.30. The number of carbonyl (C=O) groups excluding carboxylic acids is 1. The molecule has 1 unspecified atom stereocenters. The summed E-state index contributed by atoms with van der Waals surface area (Å²) in [6.45, 7) is 0. The largest absolute Gasteiger partial charge is 0.497 e. The maximum Gasteiger partial charge on any atom is 0.332 e. The molecule has 0 bridgehead atoms. The van der Waals surface area contributed by atoms with Crippen LogP contribution in [0.15, 0.2) is 53.6 Å². The highest BCUT2D eigenvalue weighted by Gasteiger charge is 2.32. The molecule has 27 heavy (non-hydrogen) atoms. The first-order valence-corrected chi connectivity index (χ1v) is 8.30. The molecule has 0 heterocycles. The first kappa shape index (κ1) is 18.6. The molecule has 7 heteroatoms. The van der Waals surface area contributed by atoms with Crippen molar-refractivity contribution in [1.29, 1.82) is 0 Å². The van der Waals surface area contributed by atoms with Gasteiger partial charge in [-0.1, -0.05) is 18.2 Å². The normalized spacial score (nSPS) is 16.3. The van der Waals surface area contributed by atoms with E-state index in [0.29, 0.717) is 11.3 Å². The molecular weight excluding hydrogens is 353 g/mol. The summed E-state index contributed by atoms with van der Waals surface area (Å²) < 4.78 is 19.6. The number of carboxylic acid groups (broad SMARTS) is 1. The second-order valence-electron chi connectivity index (χ2n) is 6.13.